The quantitative estimate of drug-likeness (QED) is 0.454. The highest BCUT2D eigenvalue weighted by atomic mass is 32.2. The highest BCUT2D eigenvalue weighted by molar-refractivity contribution is 7.90. The second-order valence-corrected chi connectivity index (χ2v) is 3.99. The number of aliphatic carboxylic acids is 1. The van der Waals surface area contributed by atoms with Crippen LogP contribution in [0, 0.1) is 0 Å². The molecule has 14 heavy (non-hydrogen) atoms. The summed E-state index contributed by atoms with van der Waals surface area (Å²) < 4.78 is 11.0. The standard InChI is InChI=1S/C9H8O4S/c1-14(13)7-4-2-6(3-5-7)8(10)9(11)12/h2-5H,1H3,(H,11,12). The lowest BCUT2D eigenvalue weighted by atomic mass is 10.1. The third-order valence-corrected chi connectivity index (χ3v) is 2.58. The molecule has 0 aliphatic rings. The molecule has 0 aliphatic heterocycles. The summed E-state index contributed by atoms with van der Waals surface area (Å²) in [5, 5.41) is 8.40. The molecule has 0 amide bonds. The number of Topliss-reactive ketones (excluding diaryl/α,β-unsaturated/α-hetero) is 1. The second kappa shape index (κ2) is 4.26. The van der Waals surface area contributed by atoms with Crippen molar-refractivity contribution in [1.82, 2.24) is 0 Å². The number of carboxylic acids is 1. The fraction of sp³-hybridized carbons (Fsp3) is 0.111. The van der Waals surface area contributed by atoms with E-state index in [0.29, 0.717) is 4.90 Å². The monoisotopic (exact) mass is 212 g/mol. The Morgan fingerprint density at radius 1 is 1.29 bits per heavy atom. The maximum absolute atomic E-state index is 11.0. The van der Waals surface area contributed by atoms with Crippen molar-refractivity contribution in [3.8, 4) is 0 Å². The van der Waals surface area contributed by atoms with E-state index in [1.807, 2.05) is 0 Å². The topological polar surface area (TPSA) is 77.4 Å². The molecule has 1 atom stereocenters. The summed E-state index contributed by atoms with van der Waals surface area (Å²) >= 11 is -1.12. The van der Waals surface area contributed by atoms with Crippen molar-refractivity contribution in [3.63, 3.8) is 0 Å². The number of benzene rings is 1. The molecule has 0 spiro atoms. The Bertz CT molecular complexity index is 356. The van der Waals surface area contributed by atoms with Crippen LogP contribution in [0.3, 0.4) is 0 Å². The molecule has 1 rings (SSSR count). The lowest BCUT2D eigenvalue weighted by Gasteiger charge is -2.03. The van der Waals surface area contributed by atoms with Gasteiger partial charge >= 0.3 is 5.97 Å². The van der Waals surface area contributed by atoms with Gasteiger partial charge in [-0.25, -0.2) is 4.79 Å². The Morgan fingerprint density at radius 3 is 2.14 bits per heavy atom. The van der Waals surface area contributed by atoms with Gasteiger partial charge in [0.05, 0.1) is 0 Å². The van der Waals surface area contributed by atoms with Crippen LogP contribution in [-0.4, -0.2) is 27.7 Å². The molecule has 0 bridgehead atoms. The summed E-state index contributed by atoms with van der Waals surface area (Å²) in [6, 6.07) is 5.67. The first-order chi connectivity index (χ1) is 6.52. The first-order valence-electron chi connectivity index (χ1n) is 3.73. The van der Waals surface area contributed by atoms with Crippen LogP contribution in [0.1, 0.15) is 10.4 Å². The first kappa shape index (κ1) is 10.7. The number of carbonyl (C=O) groups is 2. The van der Waals surface area contributed by atoms with Gasteiger partial charge in [-0.3, -0.25) is 4.79 Å². The summed E-state index contributed by atoms with van der Waals surface area (Å²) in [6.45, 7) is 0. The summed E-state index contributed by atoms with van der Waals surface area (Å²) in [5.74, 6) is -2.45. The lowest BCUT2D eigenvalue weighted by Crippen LogP contribution is -2.12. The zero-order valence-electron chi connectivity index (χ0n) is 7.39. The zero-order chi connectivity index (χ0) is 10.7. The molecule has 0 saturated carbocycles. The van der Waals surface area contributed by atoms with Crippen molar-refractivity contribution >= 4 is 22.9 Å². The predicted octanol–water partition coefficient (Wildman–Crippen LogP) is 0.691. The van der Waals surface area contributed by atoms with Gasteiger partial charge < -0.3 is 9.66 Å². The maximum Gasteiger partial charge on any atom is 0.377 e. The van der Waals surface area contributed by atoms with Crippen molar-refractivity contribution in [3.05, 3.63) is 29.8 Å². The third-order valence-electron chi connectivity index (χ3n) is 1.64. The number of ketones is 1. The Kier molecular flexibility index (Phi) is 3.27. The summed E-state index contributed by atoms with van der Waals surface area (Å²) in [5.41, 5.74) is 0.0895. The molecular formula is C9H8O4S. The third kappa shape index (κ3) is 2.34. The molecule has 0 aromatic heterocycles. The van der Waals surface area contributed by atoms with Crippen LogP contribution in [0.4, 0.5) is 0 Å². The van der Waals surface area contributed by atoms with Gasteiger partial charge in [0.1, 0.15) is 6.26 Å². The van der Waals surface area contributed by atoms with Gasteiger partial charge in [-0.2, -0.15) is 0 Å². The highest BCUT2D eigenvalue weighted by Gasteiger charge is 2.14. The number of carboxylic acid groups (broad SMARTS) is 1. The van der Waals surface area contributed by atoms with Crippen LogP contribution in [-0.2, 0) is 16.0 Å². The van der Waals surface area contributed by atoms with Crippen LogP contribution in [0.5, 0.6) is 0 Å². The average molecular weight is 212 g/mol. The number of hydrogen-bond acceptors (Lipinski definition) is 3. The SMILES string of the molecule is C[S+]([O-])c1ccc(C(=O)C(=O)O)cc1. The molecule has 0 heterocycles. The van der Waals surface area contributed by atoms with E-state index in [1.165, 1.54) is 30.5 Å². The Morgan fingerprint density at radius 2 is 1.79 bits per heavy atom. The van der Waals surface area contributed by atoms with Crippen molar-refractivity contribution in [1.29, 1.82) is 0 Å². The molecule has 5 heteroatoms. The van der Waals surface area contributed by atoms with Gasteiger partial charge in [-0.05, 0) is 35.4 Å². The smallest absolute Gasteiger partial charge is 0.377 e. The minimum atomic E-state index is -1.49. The molecule has 1 unspecified atom stereocenters. The summed E-state index contributed by atoms with van der Waals surface area (Å²) in [6.07, 6.45) is 1.51. The average Bonchev–Trinajstić information content (AvgIpc) is 2.16. The van der Waals surface area contributed by atoms with Crippen LogP contribution in [0.15, 0.2) is 29.2 Å². The van der Waals surface area contributed by atoms with Gasteiger partial charge in [0, 0.05) is 5.56 Å². The molecular weight excluding hydrogens is 204 g/mol. The van der Waals surface area contributed by atoms with E-state index in [0.717, 1.165) is 0 Å². The van der Waals surface area contributed by atoms with E-state index in [2.05, 4.69) is 0 Å². The number of carbonyl (C=O) groups excluding carboxylic acids is 1. The van der Waals surface area contributed by atoms with E-state index < -0.39 is 22.9 Å². The van der Waals surface area contributed by atoms with Gasteiger partial charge in [0.15, 0.2) is 4.90 Å². The Labute approximate surface area is 83.7 Å². The predicted molar refractivity (Wildman–Crippen MR) is 50.7 cm³/mol. The van der Waals surface area contributed by atoms with Gasteiger partial charge in [0.25, 0.3) is 5.78 Å². The molecule has 1 N–H and O–H groups in total. The van der Waals surface area contributed by atoms with Crippen LogP contribution in [0.2, 0.25) is 0 Å². The minimum absolute atomic E-state index is 0.0895. The summed E-state index contributed by atoms with van der Waals surface area (Å²) in [7, 11) is 0. The molecule has 1 aromatic rings. The molecule has 0 saturated heterocycles. The largest absolute Gasteiger partial charge is 0.612 e. The van der Waals surface area contributed by atoms with Crippen LogP contribution in [0.25, 0.3) is 0 Å². The van der Waals surface area contributed by atoms with E-state index in [4.69, 9.17) is 5.11 Å². The fourth-order valence-corrected chi connectivity index (χ4v) is 1.44. The van der Waals surface area contributed by atoms with Crippen molar-refractivity contribution in [2.24, 2.45) is 0 Å². The highest BCUT2D eigenvalue weighted by Crippen LogP contribution is 2.10. The van der Waals surface area contributed by atoms with Gasteiger partial charge in [-0.15, -0.1) is 0 Å². The van der Waals surface area contributed by atoms with Crippen LogP contribution < -0.4 is 0 Å². The molecule has 1 aromatic carbocycles. The van der Waals surface area contributed by atoms with Crippen LogP contribution >= 0.6 is 0 Å². The molecule has 0 fully saturated rings. The number of hydrogen-bond donors (Lipinski definition) is 1. The fourth-order valence-electron chi connectivity index (χ4n) is 0.921. The maximum atomic E-state index is 11.0. The lowest BCUT2D eigenvalue weighted by molar-refractivity contribution is -0.131. The molecule has 0 radical (unpaired) electrons. The van der Waals surface area contributed by atoms with Crippen molar-refractivity contribution in [2.75, 3.05) is 6.26 Å². The molecule has 74 valence electrons. The first-order valence-corrected chi connectivity index (χ1v) is 5.29. The van der Waals surface area contributed by atoms with Gasteiger partial charge in [-0.1, -0.05) is 0 Å². The Hall–Kier alpha value is -1.33. The van der Waals surface area contributed by atoms with E-state index in [9.17, 15) is 14.1 Å². The van der Waals surface area contributed by atoms with E-state index in [1.54, 1.807) is 0 Å². The van der Waals surface area contributed by atoms with E-state index >= 15 is 0 Å². The normalized spacial score (nSPS) is 12.1. The number of rotatable bonds is 3. The summed E-state index contributed by atoms with van der Waals surface area (Å²) in [4.78, 5) is 21.8. The molecule has 4 nitrogen and oxygen atoms in total. The zero-order valence-corrected chi connectivity index (χ0v) is 8.21. The second-order valence-electron chi connectivity index (χ2n) is 2.61. The van der Waals surface area contributed by atoms with Crippen molar-refractivity contribution < 1.29 is 19.2 Å². The Balaban J connectivity index is 2.94. The van der Waals surface area contributed by atoms with E-state index in [-0.39, 0.29) is 5.56 Å². The van der Waals surface area contributed by atoms with Gasteiger partial charge in [0.2, 0.25) is 0 Å². The molecule has 0 aliphatic carbocycles. The van der Waals surface area contributed by atoms with Crippen molar-refractivity contribution in [2.45, 2.75) is 4.90 Å². The minimum Gasteiger partial charge on any atom is -0.612 e.